The van der Waals surface area contributed by atoms with E-state index >= 15 is 0 Å². The molecule has 44 heavy (non-hydrogen) atoms. The van der Waals surface area contributed by atoms with Crippen LogP contribution in [0.15, 0.2) is 96.8 Å². The van der Waals surface area contributed by atoms with Gasteiger partial charge in [0.2, 0.25) is 0 Å². The first kappa shape index (κ1) is 31.4. The van der Waals surface area contributed by atoms with Crippen molar-refractivity contribution in [2.24, 2.45) is 0 Å². The van der Waals surface area contributed by atoms with Crippen LogP contribution in [-0.4, -0.2) is 35.7 Å². The van der Waals surface area contributed by atoms with Crippen molar-refractivity contribution in [3.8, 4) is 11.5 Å². The molecule has 0 bridgehead atoms. The lowest BCUT2D eigenvalue weighted by Crippen LogP contribution is -2.41. The number of anilines is 1. The number of rotatable bonds is 11. The lowest BCUT2D eigenvalue weighted by atomic mass is 9.81. The molecule has 0 radical (unpaired) electrons. The predicted octanol–water partition coefficient (Wildman–Crippen LogP) is 9.78. The summed E-state index contributed by atoms with van der Waals surface area (Å²) in [6.07, 6.45) is 6.73. The molecular weight excluding hydrogens is 593 g/mol. The maximum atomic E-state index is 13.8. The number of pyridine rings is 1. The monoisotopic (exact) mass is 629 g/mol. The summed E-state index contributed by atoms with van der Waals surface area (Å²) in [5.41, 5.74) is 6.72. The van der Waals surface area contributed by atoms with Crippen LogP contribution < -0.4 is 14.8 Å². The van der Waals surface area contributed by atoms with Gasteiger partial charge >= 0.3 is 6.09 Å². The highest BCUT2D eigenvalue weighted by Crippen LogP contribution is 2.44. The molecule has 1 aliphatic heterocycles. The summed E-state index contributed by atoms with van der Waals surface area (Å²) in [6, 6.07) is 24.5. The van der Waals surface area contributed by atoms with E-state index in [2.05, 4.69) is 42.3 Å². The number of amides is 1. The van der Waals surface area contributed by atoms with Crippen LogP contribution >= 0.6 is 23.2 Å². The number of carbonyl (C=O) groups excluding carboxylic acids is 1. The maximum Gasteiger partial charge on any atom is 0.416 e. The Labute approximate surface area is 269 Å². The number of nitrogens with zero attached hydrogens (tertiary/aromatic N) is 2. The van der Waals surface area contributed by atoms with Crippen LogP contribution in [-0.2, 0) is 0 Å². The molecule has 1 aromatic heterocycles. The van der Waals surface area contributed by atoms with Crippen LogP contribution in [0.25, 0.3) is 5.57 Å². The highest BCUT2D eigenvalue weighted by Gasteiger charge is 2.35. The zero-order valence-electron chi connectivity index (χ0n) is 25.1. The summed E-state index contributed by atoms with van der Waals surface area (Å²) >= 11 is 12.6. The number of unbranched alkanes of at least 4 members (excludes halogenated alkanes) is 1. The third-order valence-electron chi connectivity index (χ3n) is 7.77. The van der Waals surface area contributed by atoms with Crippen molar-refractivity contribution >= 4 is 40.6 Å². The predicted molar refractivity (Wildman–Crippen MR) is 179 cm³/mol. The molecular formula is C36H37Cl2N3O3. The second-order valence-electron chi connectivity index (χ2n) is 10.8. The van der Waals surface area contributed by atoms with Gasteiger partial charge in [0.1, 0.15) is 18.1 Å². The Kier molecular flexibility index (Phi) is 10.8. The smallest absolute Gasteiger partial charge is 0.416 e. The van der Waals surface area contributed by atoms with E-state index < -0.39 is 6.09 Å². The van der Waals surface area contributed by atoms with Crippen LogP contribution in [0.4, 0.5) is 10.5 Å². The number of nitrogens with one attached hydrogen (secondary N) is 1. The first-order valence-corrected chi connectivity index (χ1v) is 15.8. The van der Waals surface area contributed by atoms with Gasteiger partial charge in [0, 0.05) is 35.5 Å². The minimum Gasteiger partial charge on any atom is -0.492 e. The summed E-state index contributed by atoms with van der Waals surface area (Å²) in [5, 5.41) is 4.59. The molecule has 0 saturated heterocycles. The van der Waals surface area contributed by atoms with E-state index in [-0.39, 0.29) is 6.04 Å². The van der Waals surface area contributed by atoms with Crippen LogP contribution in [0.3, 0.4) is 0 Å². The fraction of sp³-hybridized carbons (Fsp3) is 0.278. The number of aryl methyl sites for hydroxylation is 1. The number of hydrogen-bond acceptors (Lipinski definition) is 5. The van der Waals surface area contributed by atoms with E-state index in [9.17, 15) is 4.79 Å². The molecule has 2 heterocycles. The molecule has 0 saturated carbocycles. The van der Waals surface area contributed by atoms with Gasteiger partial charge in [-0.15, -0.1) is 0 Å². The first-order chi connectivity index (χ1) is 21.4. The third-order valence-corrected chi connectivity index (χ3v) is 8.25. The summed E-state index contributed by atoms with van der Waals surface area (Å²) in [7, 11) is 0. The Morgan fingerprint density at radius 2 is 1.75 bits per heavy atom. The maximum absolute atomic E-state index is 13.8. The van der Waals surface area contributed by atoms with Crippen LogP contribution in [0, 0.1) is 6.92 Å². The van der Waals surface area contributed by atoms with Gasteiger partial charge in [0.25, 0.3) is 0 Å². The van der Waals surface area contributed by atoms with Crippen LogP contribution in [0.2, 0.25) is 10.0 Å². The molecule has 0 spiro atoms. The molecule has 1 aliphatic rings. The van der Waals surface area contributed by atoms with Gasteiger partial charge in [-0.25, -0.2) is 4.79 Å². The van der Waals surface area contributed by atoms with Gasteiger partial charge in [-0.3, -0.25) is 9.88 Å². The third kappa shape index (κ3) is 7.93. The summed E-state index contributed by atoms with van der Waals surface area (Å²) in [6.45, 7) is 5.95. The number of hydrogen-bond donors (Lipinski definition) is 1. The Morgan fingerprint density at radius 3 is 2.48 bits per heavy atom. The van der Waals surface area contributed by atoms with E-state index in [4.69, 9.17) is 32.7 Å². The van der Waals surface area contributed by atoms with E-state index in [0.717, 1.165) is 47.4 Å². The second kappa shape index (κ2) is 15.1. The van der Waals surface area contributed by atoms with Gasteiger partial charge in [0.15, 0.2) is 0 Å². The average Bonchev–Trinajstić information content (AvgIpc) is 3.04. The second-order valence-corrected chi connectivity index (χ2v) is 11.7. The van der Waals surface area contributed by atoms with Crippen molar-refractivity contribution in [2.45, 2.75) is 45.6 Å². The highest BCUT2D eigenvalue weighted by molar-refractivity contribution is 6.31. The summed E-state index contributed by atoms with van der Waals surface area (Å²) < 4.78 is 11.9. The lowest BCUT2D eigenvalue weighted by Gasteiger charge is -2.39. The van der Waals surface area contributed by atoms with Crippen molar-refractivity contribution in [2.75, 3.05) is 25.0 Å². The number of ether oxygens (including phenoxy) is 2. The number of aromatic nitrogens is 1. The normalized spacial score (nSPS) is 14.8. The molecule has 6 nitrogen and oxygen atoms in total. The van der Waals surface area contributed by atoms with Crippen molar-refractivity contribution in [1.29, 1.82) is 0 Å². The van der Waals surface area contributed by atoms with Crippen molar-refractivity contribution in [1.82, 2.24) is 9.88 Å². The van der Waals surface area contributed by atoms with Gasteiger partial charge in [-0.05, 0) is 115 Å². The molecule has 8 heteroatoms. The largest absolute Gasteiger partial charge is 0.492 e. The van der Waals surface area contributed by atoms with Crippen molar-refractivity contribution < 1.29 is 14.3 Å². The summed E-state index contributed by atoms with van der Waals surface area (Å²) in [4.78, 5) is 19.7. The zero-order valence-corrected chi connectivity index (χ0v) is 26.6. The molecule has 1 atom stereocenters. The Morgan fingerprint density at radius 1 is 1.00 bits per heavy atom. The molecule has 4 aromatic rings. The zero-order chi connectivity index (χ0) is 30.9. The number of halogens is 2. The Bertz CT molecular complexity index is 1580. The number of benzene rings is 3. The van der Waals surface area contributed by atoms with Crippen LogP contribution in [0.1, 0.15) is 55.3 Å². The van der Waals surface area contributed by atoms with Gasteiger partial charge in [-0.1, -0.05) is 54.7 Å². The number of carbonyl (C=O) groups is 1. The molecule has 1 unspecified atom stereocenters. The minimum absolute atomic E-state index is 0.301. The van der Waals surface area contributed by atoms with E-state index in [1.807, 2.05) is 41.3 Å². The molecule has 5 rings (SSSR count). The minimum atomic E-state index is -0.394. The lowest BCUT2D eigenvalue weighted by molar-refractivity contribution is 0.136. The quantitative estimate of drug-likeness (QED) is 0.167. The van der Waals surface area contributed by atoms with E-state index in [1.165, 1.54) is 11.1 Å². The summed E-state index contributed by atoms with van der Waals surface area (Å²) in [5.74, 6) is 1.22. The van der Waals surface area contributed by atoms with E-state index in [1.54, 1.807) is 36.7 Å². The first-order valence-electron chi connectivity index (χ1n) is 15.0. The van der Waals surface area contributed by atoms with E-state index in [0.29, 0.717) is 41.9 Å². The topological polar surface area (TPSA) is 63.7 Å². The van der Waals surface area contributed by atoms with Gasteiger partial charge in [-0.2, -0.15) is 0 Å². The van der Waals surface area contributed by atoms with Crippen molar-refractivity contribution in [3.05, 3.63) is 124 Å². The van der Waals surface area contributed by atoms with Crippen molar-refractivity contribution in [3.63, 3.8) is 0 Å². The fourth-order valence-corrected chi connectivity index (χ4v) is 5.87. The van der Waals surface area contributed by atoms with Crippen LogP contribution in [0.5, 0.6) is 11.5 Å². The highest BCUT2D eigenvalue weighted by atomic mass is 35.5. The molecule has 3 aromatic carbocycles. The Hall–Kier alpha value is -4.00. The Balaban J connectivity index is 1.44. The molecule has 1 N–H and O–H groups in total. The van der Waals surface area contributed by atoms with Gasteiger partial charge < -0.3 is 14.8 Å². The fourth-order valence-electron chi connectivity index (χ4n) is 5.57. The molecule has 0 fully saturated rings. The SMILES string of the molecule is CCCCC1=C(c2cc(Cl)ccc2C)CCN(C(=O)Oc2ccc(Cl)cc2)C1c1ccc(OCCNc2cccnc2)cc1. The van der Waals surface area contributed by atoms with Gasteiger partial charge in [0.05, 0.1) is 11.7 Å². The average molecular weight is 631 g/mol. The molecule has 228 valence electrons. The standard InChI is InChI=1S/C36H37Cl2N3O3/c1-3-4-7-33-32(34-23-28(38)11-8-25(34)2)18-21-41(36(42)44-31-16-12-27(37)13-17-31)35(33)26-9-14-30(15-10-26)43-22-20-40-29-6-5-19-39-24-29/h5-6,8-17,19,23-24,35,40H,3-4,7,18,20-22H2,1-2H3. The molecule has 1 amide bonds. The molecule has 0 aliphatic carbocycles.